The number of nitrogens with zero attached hydrogens (tertiary/aromatic N) is 3. The third-order valence-electron chi connectivity index (χ3n) is 3.46. The van der Waals surface area contributed by atoms with Gasteiger partial charge in [0, 0.05) is 6.07 Å². The van der Waals surface area contributed by atoms with Gasteiger partial charge in [-0.1, -0.05) is 18.2 Å². The third kappa shape index (κ3) is 1.48. The van der Waals surface area contributed by atoms with E-state index in [0.717, 1.165) is 5.52 Å². The van der Waals surface area contributed by atoms with E-state index in [4.69, 9.17) is 0 Å². The van der Waals surface area contributed by atoms with E-state index in [2.05, 4.69) is 9.97 Å². The summed E-state index contributed by atoms with van der Waals surface area (Å²) in [6.45, 7) is 0. The van der Waals surface area contributed by atoms with Crippen molar-refractivity contribution in [3.63, 3.8) is 0 Å². The maximum Gasteiger partial charge on any atom is 0.284 e. The van der Waals surface area contributed by atoms with Crippen LogP contribution in [-0.4, -0.2) is 19.3 Å². The smallest absolute Gasteiger partial charge is 0.284 e. The molecule has 1 N–H and O–H groups in total. The molecule has 0 amide bonds. The number of H-pyrrole nitrogens is 1. The summed E-state index contributed by atoms with van der Waals surface area (Å²) in [6, 6.07) is 11.6. The Labute approximate surface area is 116 Å². The molecule has 4 aromatic rings. The van der Waals surface area contributed by atoms with Crippen LogP contribution >= 0.6 is 0 Å². The lowest BCUT2D eigenvalue weighted by Gasteiger charge is -2.00. The average molecular weight is 280 g/mol. The van der Waals surface area contributed by atoms with E-state index >= 15 is 0 Å². The molecule has 0 saturated heterocycles. The fraction of sp³-hybridized carbons (Fsp3) is 0. The number of benzene rings is 2. The molecule has 7 nitrogen and oxygen atoms in total. The molecule has 0 bridgehead atoms. The van der Waals surface area contributed by atoms with Gasteiger partial charge in [-0.15, -0.1) is 0 Å². The Balaban J connectivity index is 2.33. The van der Waals surface area contributed by atoms with Crippen LogP contribution in [-0.2, 0) is 0 Å². The Morgan fingerprint density at radius 3 is 2.76 bits per heavy atom. The number of aromatic amines is 1. The quantitative estimate of drug-likeness (QED) is 0.427. The lowest BCUT2D eigenvalue weighted by molar-refractivity contribution is -0.383. The molecule has 2 aromatic heterocycles. The summed E-state index contributed by atoms with van der Waals surface area (Å²) >= 11 is 0. The minimum atomic E-state index is -0.563. The molecule has 4 rings (SSSR count). The van der Waals surface area contributed by atoms with Gasteiger partial charge in [0.1, 0.15) is 5.39 Å². The molecule has 0 aliphatic carbocycles. The average Bonchev–Trinajstić information content (AvgIpc) is 2.85. The van der Waals surface area contributed by atoms with Crippen LogP contribution in [0.2, 0.25) is 0 Å². The second-order valence-electron chi connectivity index (χ2n) is 4.65. The number of hydrogen-bond acceptors (Lipinski definition) is 4. The summed E-state index contributed by atoms with van der Waals surface area (Å²) < 4.78 is 1.37. The van der Waals surface area contributed by atoms with Crippen molar-refractivity contribution in [1.29, 1.82) is 0 Å². The number of nitro benzene ring substituents is 1. The van der Waals surface area contributed by atoms with Gasteiger partial charge in [0.25, 0.3) is 11.2 Å². The lowest BCUT2D eigenvalue weighted by Crippen LogP contribution is -2.15. The van der Waals surface area contributed by atoms with Crippen molar-refractivity contribution in [2.45, 2.75) is 0 Å². The number of nitrogens with one attached hydrogen (secondary N) is 1. The molecule has 0 atom stereocenters. The summed E-state index contributed by atoms with van der Waals surface area (Å²) in [5.74, 6) is 0.370. The Morgan fingerprint density at radius 2 is 1.95 bits per heavy atom. The largest absolute Gasteiger partial charge is 0.323 e. The number of fused-ring (bicyclic) bond motifs is 4. The van der Waals surface area contributed by atoms with Crippen LogP contribution in [0.5, 0.6) is 0 Å². The second-order valence-corrected chi connectivity index (χ2v) is 4.65. The predicted molar refractivity (Wildman–Crippen MR) is 77.5 cm³/mol. The Morgan fingerprint density at radius 1 is 1.14 bits per heavy atom. The zero-order valence-corrected chi connectivity index (χ0v) is 10.6. The minimum absolute atomic E-state index is 0.0183. The van der Waals surface area contributed by atoms with Gasteiger partial charge in [0.15, 0.2) is 0 Å². The van der Waals surface area contributed by atoms with Gasteiger partial charge < -0.3 is 4.98 Å². The van der Waals surface area contributed by atoms with Crippen molar-refractivity contribution in [2.75, 3.05) is 0 Å². The van der Waals surface area contributed by atoms with Crippen LogP contribution in [0.25, 0.3) is 27.7 Å². The summed E-state index contributed by atoms with van der Waals surface area (Å²) in [5, 5.41) is 11.1. The zero-order valence-electron chi connectivity index (χ0n) is 10.6. The minimum Gasteiger partial charge on any atom is -0.323 e. The lowest BCUT2D eigenvalue weighted by atomic mass is 10.2. The number of para-hydroxylation sites is 2. The van der Waals surface area contributed by atoms with Crippen LogP contribution in [0.1, 0.15) is 0 Å². The van der Waals surface area contributed by atoms with Gasteiger partial charge in [0.2, 0.25) is 5.78 Å². The fourth-order valence-electron chi connectivity index (χ4n) is 2.57. The summed E-state index contributed by atoms with van der Waals surface area (Å²) in [5.41, 5.74) is 1.02. The summed E-state index contributed by atoms with van der Waals surface area (Å²) in [6.07, 6.45) is 0. The van der Waals surface area contributed by atoms with Crippen LogP contribution in [0.3, 0.4) is 0 Å². The highest BCUT2D eigenvalue weighted by Gasteiger charge is 2.19. The van der Waals surface area contributed by atoms with E-state index in [-0.39, 0.29) is 11.1 Å². The van der Waals surface area contributed by atoms with Gasteiger partial charge >= 0.3 is 0 Å². The molecule has 0 fully saturated rings. The number of hydrogen-bond donors (Lipinski definition) is 1. The molecule has 0 aliphatic rings. The molecule has 0 unspecified atom stereocenters. The van der Waals surface area contributed by atoms with E-state index in [1.165, 1.54) is 16.5 Å². The van der Waals surface area contributed by atoms with Crippen molar-refractivity contribution < 1.29 is 4.92 Å². The highest BCUT2D eigenvalue weighted by molar-refractivity contribution is 5.90. The Bertz CT molecular complexity index is 1090. The Hall–Kier alpha value is -3.22. The van der Waals surface area contributed by atoms with Gasteiger partial charge in [-0.25, -0.2) is 9.38 Å². The topological polar surface area (TPSA) is 93.3 Å². The normalized spacial score (nSPS) is 11.4. The molecule has 21 heavy (non-hydrogen) atoms. The van der Waals surface area contributed by atoms with E-state index in [1.807, 2.05) is 12.1 Å². The van der Waals surface area contributed by atoms with Crippen LogP contribution < -0.4 is 5.56 Å². The Kier molecular flexibility index (Phi) is 2.15. The molecule has 0 radical (unpaired) electrons. The van der Waals surface area contributed by atoms with E-state index in [0.29, 0.717) is 16.8 Å². The number of imidazole rings is 1. The second kappa shape index (κ2) is 3.89. The van der Waals surface area contributed by atoms with Crippen molar-refractivity contribution in [3.05, 3.63) is 62.9 Å². The highest BCUT2D eigenvalue weighted by atomic mass is 16.6. The molecule has 102 valence electrons. The van der Waals surface area contributed by atoms with E-state index in [1.54, 1.807) is 18.2 Å². The van der Waals surface area contributed by atoms with Crippen molar-refractivity contribution in [3.8, 4) is 0 Å². The summed E-state index contributed by atoms with van der Waals surface area (Å²) in [4.78, 5) is 30.6. The molecule has 0 aliphatic heterocycles. The van der Waals surface area contributed by atoms with Crippen LogP contribution in [0.15, 0.2) is 47.3 Å². The molecule has 0 saturated carbocycles. The van der Waals surface area contributed by atoms with Gasteiger partial charge in [0.05, 0.1) is 21.5 Å². The zero-order chi connectivity index (χ0) is 14.6. The molecule has 7 heteroatoms. The molecular formula is C14H8N4O3. The standard InChI is InChI=1S/C14H8N4O3/c19-13-12-9(5-3-7-11(12)18(20)21)16-14-15-8-4-1-2-6-10(8)17(13)14/h1-7H,(H,15,16). The third-order valence-corrected chi connectivity index (χ3v) is 3.46. The maximum atomic E-state index is 12.7. The van der Waals surface area contributed by atoms with Gasteiger partial charge in [-0.3, -0.25) is 14.9 Å². The number of nitro groups is 1. The number of aromatic nitrogens is 3. The monoisotopic (exact) mass is 280 g/mol. The first-order chi connectivity index (χ1) is 10.2. The predicted octanol–water partition coefficient (Wildman–Crippen LogP) is 2.24. The molecule has 2 heterocycles. The number of non-ortho nitro benzene ring substituents is 1. The van der Waals surface area contributed by atoms with Crippen molar-refractivity contribution in [2.24, 2.45) is 0 Å². The van der Waals surface area contributed by atoms with E-state index in [9.17, 15) is 14.9 Å². The first-order valence-electron chi connectivity index (χ1n) is 6.23. The first-order valence-corrected chi connectivity index (χ1v) is 6.23. The molecular weight excluding hydrogens is 272 g/mol. The van der Waals surface area contributed by atoms with Crippen molar-refractivity contribution in [1.82, 2.24) is 14.4 Å². The van der Waals surface area contributed by atoms with Gasteiger partial charge in [-0.05, 0) is 18.2 Å². The molecule has 2 aromatic carbocycles. The number of rotatable bonds is 1. The van der Waals surface area contributed by atoms with Gasteiger partial charge in [-0.2, -0.15) is 0 Å². The summed E-state index contributed by atoms with van der Waals surface area (Å²) in [7, 11) is 0. The fourth-order valence-corrected chi connectivity index (χ4v) is 2.57. The van der Waals surface area contributed by atoms with Crippen LogP contribution in [0, 0.1) is 10.1 Å². The highest BCUT2D eigenvalue weighted by Crippen LogP contribution is 2.22. The van der Waals surface area contributed by atoms with E-state index < -0.39 is 10.5 Å². The van der Waals surface area contributed by atoms with Crippen molar-refractivity contribution >= 4 is 33.4 Å². The SMILES string of the molecule is O=c1c2c([N+](=O)[O-])cccc2nc2[nH]c3ccccc3n12. The maximum absolute atomic E-state index is 12.7. The molecule has 0 spiro atoms. The first kappa shape index (κ1) is 11.6. The van der Waals surface area contributed by atoms with Crippen LogP contribution in [0.4, 0.5) is 5.69 Å².